The summed E-state index contributed by atoms with van der Waals surface area (Å²) < 4.78 is 30.9. The molecule has 0 spiro atoms. The van der Waals surface area contributed by atoms with Gasteiger partial charge in [-0.2, -0.15) is 0 Å². The van der Waals surface area contributed by atoms with E-state index in [0.717, 1.165) is 37.8 Å². The number of unbranched alkanes of at least 4 members (excludes halogenated alkanes) is 2. The smallest absolute Gasteiger partial charge is 0.374 e. The third-order valence-electron chi connectivity index (χ3n) is 3.44. The molecule has 7 heteroatoms. The van der Waals surface area contributed by atoms with Crippen molar-refractivity contribution in [2.75, 3.05) is 26.4 Å². The Morgan fingerprint density at radius 1 is 0.522 bits per heavy atom. The molecule has 0 saturated carbocycles. The van der Waals surface area contributed by atoms with Crippen LogP contribution in [0.4, 0.5) is 0 Å². The van der Waals surface area contributed by atoms with Crippen molar-refractivity contribution in [3.8, 4) is 0 Å². The van der Waals surface area contributed by atoms with Gasteiger partial charge in [0.1, 0.15) is 0 Å². The van der Waals surface area contributed by atoms with Crippen molar-refractivity contribution in [1.82, 2.24) is 0 Å². The lowest BCUT2D eigenvalue weighted by Crippen LogP contribution is -2.58. The van der Waals surface area contributed by atoms with E-state index in [1.807, 2.05) is 27.7 Å². The topological polar surface area (TPSA) is 46.2 Å². The molecule has 0 unspecified atom stereocenters. The molecule has 0 rings (SSSR count). The van der Waals surface area contributed by atoms with Crippen molar-refractivity contribution in [3.05, 3.63) is 0 Å². The fraction of sp³-hybridized carbons (Fsp3) is 1.00. The summed E-state index contributed by atoms with van der Waals surface area (Å²) in [6, 6.07) is 1.65. The minimum absolute atomic E-state index is 0.590. The molecule has 0 radical (unpaired) electrons. The maximum atomic E-state index is 6.58. The van der Waals surface area contributed by atoms with Crippen molar-refractivity contribution in [1.29, 1.82) is 0 Å². The van der Waals surface area contributed by atoms with Gasteiger partial charge in [-0.3, -0.25) is 0 Å². The molecule has 0 aromatic carbocycles. The van der Waals surface area contributed by atoms with Gasteiger partial charge in [0.25, 0.3) is 0 Å². The summed E-state index contributed by atoms with van der Waals surface area (Å²) in [4.78, 5) is 0. The van der Waals surface area contributed by atoms with E-state index in [1.54, 1.807) is 0 Å². The maximum absolute atomic E-state index is 6.58. The third kappa shape index (κ3) is 8.76. The molecule has 0 aliphatic rings. The van der Waals surface area contributed by atoms with E-state index in [-0.39, 0.29) is 0 Å². The second-order valence-corrected chi connectivity index (χ2v) is 11.1. The molecule has 0 aliphatic heterocycles. The first-order valence-electron chi connectivity index (χ1n) is 9.33. The third-order valence-corrected chi connectivity index (χ3v) is 10.8. The minimum atomic E-state index is -2.76. The average molecular weight is 367 g/mol. The van der Waals surface area contributed by atoms with Crippen LogP contribution in [-0.2, 0) is 21.8 Å². The summed E-state index contributed by atoms with van der Waals surface area (Å²) in [5, 5.41) is 0. The van der Waals surface area contributed by atoms with Gasteiger partial charge in [-0.15, -0.1) is 0 Å². The van der Waals surface area contributed by atoms with E-state index in [2.05, 4.69) is 13.8 Å². The van der Waals surface area contributed by atoms with Gasteiger partial charge in [-0.05, 0) is 40.5 Å². The highest BCUT2D eigenvalue weighted by atomic mass is 28.5. The second kappa shape index (κ2) is 13.5. The van der Waals surface area contributed by atoms with Gasteiger partial charge < -0.3 is 21.8 Å². The Labute approximate surface area is 145 Å². The van der Waals surface area contributed by atoms with E-state index in [4.69, 9.17) is 21.8 Å². The Kier molecular flexibility index (Phi) is 13.7. The molecule has 0 fully saturated rings. The predicted octanol–water partition coefficient (Wildman–Crippen LogP) is 4.63. The molecule has 140 valence electrons. The van der Waals surface area contributed by atoms with E-state index in [9.17, 15) is 0 Å². The molecule has 0 bridgehead atoms. The average Bonchev–Trinajstić information content (AvgIpc) is 2.52. The van der Waals surface area contributed by atoms with Gasteiger partial charge in [-0.25, -0.2) is 0 Å². The lowest BCUT2D eigenvalue weighted by Gasteiger charge is -2.38. The maximum Gasteiger partial charge on any atom is 0.493 e. The van der Waals surface area contributed by atoms with Crippen LogP contribution in [0.3, 0.4) is 0 Å². The molecular weight excluding hydrogens is 328 g/mol. The van der Waals surface area contributed by atoms with Crippen molar-refractivity contribution in [2.24, 2.45) is 0 Å². The Hall–Kier alpha value is 0.234. The van der Waals surface area contributed by atoms with Gasteiger partial charge >= 0.3 is 17.6 Å². The Bertz CT molecular complexity index is 241. The molecule has 0 aromatic rings. The summed E-state index contributed by atoms with van der Waals surface area (Å²) >= 11 is 0. The van der Waals surface area contributed by atoms with Crippen molar-refractivity contribution in [2.45, 2.75) is 79.3 Å². The highest BCUT2D eigenvalue weighted by Gasteiger charge is 2.52. The van der Waals surface area contributed by atoms with Gasteiger partial charge in [0.2, 0.25) is 0 Å². The fourth-order valence-corrected chi connectivity index (χ4v) is 10.2. The molecule has 5 nitrogen and oxygen atoms in total. The van der Waals surface area contributed by atoms with Gasteiger partial charge in [0.15, 0.2) is 0 Å². The van der Waals surface area contributed by atoms with Gasteiger partial charge in [-0.1, -0.05) is 26.7 Å². The van der Waals surface area contributed by atoms with E-state index >= 15 is 0 Å². The molecule has 0 aliphatic carbocycles. The lowest BCUT2D eigenvalue weighted by molar-refractivity contribution is 0.0488. The van der Waals surface area contributed by atoms with Crippen molar-refractivity contribution in [3.63, 3.8) is 0 Å². The van der Waals surface area contributed by atoms with Crippen LogP contribution < -0.4 is 0 Å². The lowest BCUT2D eigenvalue weighted by atomic mass is 10.4. The first-order valence-corrected chi connectivity index (χ1v) is 13.2. The minimum Gasteiger partial charge on any atom is -0.374 e. The van der Waals surface area contributed by atoms with Crippen LogP contribution in [0, 0.1) is 0 Å². The van der Waals surface area contributed by atoms with Crippen LogP contribution in [0.15, 0.2) is 0 Å². The van der Waals surface area contributed by atoms with Crippen LogP contribution in [0.1, 0.15) is 67.2 Å². The Morgan fingerprint density at radius 3 is 1.04 bits per heavy atom. The van der Waals surface area contributed by atoms with Crippen molar-refractivity contribution >= 4 is 17.6 Å². The highest BCUT2D eigenvalue weighted by molar-refractivity contribution is 6.75. The normalized spacial score (nSPS) is 12.8. The summed E-state index contributed by atoms with van der Waals surface area (Å²) in [7, 11) is -5.53. The van der Waals surface area contributed by atoms with Gasteiger partial charge in [0.05, 0.1) is 0 Å². The molecular formula is C16H38O5Si2. The van der Waals surface area contributed by atoms with Crippen LogP contribution in [0.5, 0.6) is 0 Å². The first-order chi connectivity index (χ1) is 11.1. The molecule has 0 atom stereocenters. The highest BCUT2D eigenvalue weighted by Crippen LogP contribution is 2.29. The number of rotatable bonds is 16. The van der Waals surface area contributed by atoms with Gasteiger partial charge in [0, 0.05) is 38.5 Å². The predicted molar refractivity (Wildman–Crippen MR) is 98.5 cm³/mol. The standard InChI is InChI=1S/C16H38O5Si2/c1-7-13-15-22(17-9-3,18-10-4)21-23(19-11-5,20-12-6)16-14-8-2/h7-16H2,1-6H3. The quantitative estimate of drug-likeness (QED) is 0.373. The summed E-state index contributed by atoms with van der Waals surface area (Å²) in [6.45, 7) is 14.7. The SMILES string of the molecule is CCCC[Si](OCC)(OCC)O[Si](CCCC)(OCC)OCC. The van der Waals surface area contributed by atoms with E-state index < -0.39 is 17.6 Å². The van der Waals surface area contributed by atoms with E-state index in [0.29, 0.717) is 26.4 Å². The number of hydrogen-bond acceptors (Lipinski definition) is 5. The van der Waals surface area contributed by atoms with Crippen LogP contribution in [-0.4, -0.2) is 44.0 Å². The van der Waals surface area contributed by atoms with Crippen LogP contribution in [0.25, 0.3) is 0 Å². The zero-order valence-electron chi connectivity index (χ0n) is 16.1. The zero-order valence-corrected chi connectivity index (χ0v) is 18.1. The van der Waals surface area contributed by atoms with E-state index in [1.165, 1.54) is 0 Å². The van der Waals surface area contributed by atoms with Crippen LogP contribution >= 0.6 is 0 Å². The second-order valence-electron chi connectivity index (χ2n) is 5.41. The Morgan fingerprint density at radius 2 is 0.826 bits per heavy atom. The first kappa shape index (κ1) is 23.2. The summed E-state index contributed by atoms with van der Waals surface area (Å²) in [6.07, 6.45) is 4.24. The summed E-state index contributed by atoms with van der Waals surface area (Å²) in [5.41, 5.74) is 0. The molecule has 0 heterocycles. The zero-order chi connectivity index (χ0) is 17.6. The van der Waals surface area contributed by atoms with Crippen LogP contribution in [0.2, 0.25) is 12.1 Å². The number of hydrogen-bond donors (Lipinski definition) is 0. The fourth-order valence-electron chi connectivity index (χ4n) is 2.50. The summed E-state index contributed by atoms with van der Waals surface area (Å²) in [5.74, 6) is 0. The molecule has 23 heavy (non-hydrogen) atoms. The molecule has 0 saturated heterocycles. The molecule has 0 amide bonds. The Balaban J connectivity index is 5.39. The van der Waals surface area contributed by atoms with Crippen molar-refractivity contribution < 1.29 is 21.8 Å². The largest absolute Gasteiger partial charge is 0.493 e. The monoisotopic (exact) mass is 366 g/mol. The molecule has 0 aromatic heterocycles. The molecule has 0 N–H and O–H groups in total.